The van der Waals surface area contributed by atoms with Crippen molar-refractivity contribution in [2.75, 3.05) is 26.6 Å². The second-order valence-electron chi connectivity index (χ2n) is 9.94. The Balaban J connectivity index is 0.000000415. The summed E-state index contributed by atoms with van der Waals surface area (Å²) >= 11 is 0. The Kier molecular flexibility index (Phi) is 17.5. The molecule has 0 amide bonds. The lowest BCUT2D eigenvalue weighted by molar-refractivity contribution is -0.671. The van der Waals surface area contributed by atoms with Crippen molar-refractivity contribution in [3.63, 3.8) is 0 Å². The number of rotatable bonds is 13. The van der Waals surface area contributed by atoms with Crippen molar-refractivity contribution in [1.82, 2.24) is 9.13 Å². The molecule has 0 radical (unpaired) electrons. The third kappa shape index (κ3) is 18.6. The van der Waals surface area contributed by atoms with Gasteiger partial charge in [-0.2, -0.15) is 0 Å². The summed E-state index contributed by atoms with van der Waals surface area (Å²) in [6.45, 7) is 1.45. The smallest absolute Gasteiger partial charge is 0.317 e. The number of nitro benzene ring substituents is 4. The van der Waals surface area contributed by atoms with Gasteiger partial charge in [0.25, 0.3) is 11.4 Å². The molecule has 0 spiro atoms. The highest BCUT2D eigenvalue weighted by atomic mass is 32.3. The van der Waals surface area contributed by atoms with Gasteiger partial charge in [0.2, 0.25) is 23.1 Å². The molecule has 2 aromatic carbocycles. The summed E-state index contributed by atoms with van der Waals surface area (Å²) in [6.07, 6.45) is 11.7. The summed E-state index contributed by atoms with van der Waals surface area (Å²) in [7, 11) is -3.77. The molecule has 53 heavy (non-hydrogen) atoms. The lowest BCUT2D eigenvalue weighted by Gasteiger charge is -2.05. The first kappa shape index (κ1) is 44.9. The Morgan fingerprint density at radius 1 is 0.660 bits per heavy atom. The van der Waals surface area contributed by atoms with Crippen LogP contribution in [0.25, 0.3) is 0 Å². The van der Waals surface area contributed by atoms with Gasteiger partial charge in [-0.05, 0) is 12.1 Å². The van der Waals surface area contributed by atoms with Crippen LogP contribution in [0.1, 0.15) is 0 Å². The van der Waals surface area contributed by atoms with E-state index in [2.05, 4.69) is 4.18 Å². The maximum atomic E-state index is 10.9. The van der Waals surface area contributed by atoms with E-state index in [0.29, 0.717) is 19.3 Å². The predicted molar refractivity (Wildman–Crippen MR) is 174 cm³/mol. The summed E-state index contributed by atoms with van der Waals surface area (Å²) in [5.41, 5.74) is -1.51. The standard InChI is InChI=1S/2C12H13N4O5.CH4O4S.CH4O3S/c2*1-13-4-5-14(9-13)6-7-21-12-3-2-10(15(17)18)8-11(12)16(19)20;1-5-6(2,3)4;1-5(2,3)4/h2*2-5,8-9H,6-7H2,1H3;1H3,(H,2,3,4);1H3,(H,2,3,4)/q2*+1;;/p-2. The van der Waals surface area contributed by atoms with Crippen LogP contribution >= 0.6 is 0 Å². The molecule has 290 valence electrons. The highest BCUT2D eigenvalue weighted by Gasteiger charge is 2.22. The molecule has 2 aromatic heterocycles. The Hall–Kier alpha value is -6.16. The van der Waals surface area contributed by atoms with E-state index in [0.717, 1.165) is 19.2 Å². The molecular weight excluding hydrogens is 760 g/mol. The van der Waals surface area contributed by atoms with E-state index in [1.54, 1.807) is 0 Å². The van der Waals surface area contributed by atoms with Gasteiger partial charge in [-0.15, -0.1) is 0 Å². The second-order valence-corrected chi connectivity index (χ2v) is 12.5. The maximum absolute atomic E-state index is 10.9. The summed E-state index contributed by atoms with van der Waals surface area (Å²) < 4.78 is 76.4. The fourth-order valence-corrected chi connectivity index (χ4v) is 3.56. The van der Waals surface area contributed by atoms with Gasteiger partial charge in [-0.25, -0.2) is 35.1 Å². The zero-order chi connectivity index (χ0) is 40.5. The van der Waals surface area contributed by atoms with Gasteiger partial charge in [0.1, 0.15) is 51.1 Å². The summed E-state index contributed by atoms with van der Waals surface area (Å²) in [6, 6.07) is 6.63. The lowest BCUT2D eigenvalue weighted by atomic mass is 10.2. The number of non-ortho nitro benzene ring substituents is 2. The summed E-state index contributed by atoms with van der Waals surface area (Å²) in [4.78, 5) is 40.3. The topological polar surface area (TPSA) is 332 Å². The molecule has 0 aliphatic rings. The molecule has 0 atom stereocenters. The van der Waals surface area contributed by atoms with Crippen molar-refractivity contribution < 1.29 is 68.4 Å². The number of benzene rings is 2. The van der Waals surface area contributed by atoms with E-state index in [-0.39, 0.29) is 36.1 Å². The number of ether oxygens (including phenoxy) is 2. The number of aryl methyl sites for hydroxylation is 2. The fourth-order valence-electron chi connectivity index (χ4n) is 3.56. The Morgan fingerprint density at radius 2 is 0.981 bits per heavy atom. The van der Waals surface area contributed by atoms with E-state index < -0.39 is 51.6 Å². The van der Waals surface area contributed by atoms with Crippen molar-refractivity contribution >= 4 is 43.3 Å². The average Bonchev–Trinajstić information content (AvgIpc) is 3.67. The van der Waals surface area contributed by atoms with Gasteiger partial charge >= 0.3 is 11.4 Å². The maximum Gasteiger partial charge on any atom is 0.317 e. The molecule has 0 aliphatic heterocycles. The van der Waals surface area contributed by atoms with Crippen LogP contribution in [0.15, 0.2) is 73.8 Å². The Bertz CT molecular complexity index is 1980. The highest BCUT2D eigenvalue weighted by Crippen LogP contribution is 2.32. The van der Waals surface area contributed by atoms with Crippen LogP contribution in [0.4, 0.5) is 22.7 Å². The average molecular weight is 793 g/mol. The molecule has 4 aromatic rings. The monoisotopic (exact) mass is 792 g/mol. The lowest BCUT2D eigenvalue weighted by Crippen LogP contribution is -2.24. The molecule has 0 saturated carbocycles. The largest absolute Gasteiger partial charge is 0.748 e. The zero-order valence-electron chi connectivity index (χ0n) is 28.1. The van der Waals surface area contributed by atoms with Crippen LogP contribution in [0, 0.1) is 40.5 Å². The predicted octanol–water partition coefficient (Wildman–Crippen LogP) is 0.670. The number of nitrogens with zero attached hydrogens (tertiary/aromatic N) is 8. The summed E-state index contributed by atoms with van der Waals surface area (Å²) in [5.74, 6) is 0.0317. The van der Waals surface area contributed by atoms with Gasteiger partial charge in [0.15, 0.2) is 11.5 Å². The molecule has 27 heteroatoms. The number of imidazole rings is 2. The quantitative estimate of drug-likeness (QED) is 0.0590. The van der Waals surface area contributed by atoms with Crippen molar-refractivity contribution in [1.29, 1.82) is 0 Å². The van der Waals surface area contributed by atoms with Crippen LogP contribution in [-0.2, 0) is 51.9 Å². The molecule has 0 bridgehead atoms. The van der Waals surface area contributed by atoms with E-state index >= 15 is 0 Å². The van der Waals surface area contributed by atoms with E-state index in [1.165, 1.54) is 24.3 Å². The van der Waals surface area contributed by atoms with Gasteiger partial charge in [-0.1, -0.05) is 0 Å². The van der Waals surface area contributed by atoms with Gasteiger partial charge in [0, 0.05) is 18.4 Å². The number of nitro groups is 4. The first-order valence-corrected chi connectivity index (χ1v) is 17.2. The minimum absolute atomic E-state index is 0.0159. The van der Waals surface area contributed by atoms with Crippen LogP contribution < -0.4 is 18.6 Å². The van der Waals surface area contributed by atoms with Gasteiger partial charge < -0.3 is 18.6 Å². The molecule has 4 rings (SSSR count). The van der Waals surface area contributed by atoms with E-state index in [9.17, 15) is 53.4 Å². The third-order valence-corrected chi connectivity index (χ3v) is 6.17. The Morgan fingerprint density at radius 3 is 1.21 bits per heavy atom. The summed E-state index contributed by atoms with van der Waals surface area (Å²) in [5, 5.41) is 43.1. The first-order valence-electron chi connectivity index (χ1n) is 14.1. The van der Waals surface area contributed by atoms with Crippen LogP contribution in [-0.4, -0.2) is 81.3 Å². The van der Waals surface area contributed by atoms with Crippen molar-refractivity contribution in [3.05, 3.63) is 114 Å². The van der Waals surface area contributed by atoms with Crippen molar-refractivity contribution in [2.45, 2.75) is 13.1 Å². The third-order valence-electron chi connectivity index (χ3n) is 5.77. The molecule has 0 aliphatic carbocycles. The normalized spacial score (nSPS) is 10.6. The Labute approximate surface area is 300 Å². The van der Waals surface area contributed by atoms with Crippen molar-refractivity contribution in [3.8, 4) is 11.5 Å². The first-order chi connectivity index (χ1) is 24.5. The van der Waals surface area contributed by atoms with Crippen LogP contribution in [0.5, 0.6) is 11.5 Å². The van der Waals surface area contributed by atoms with Crippen LogP contribution in [0.2, 0.25) is 0 Å². The zero-order valence-corrected chi connectivity index (χ0v) is 29.7. The van der Waals surface area contributed by atoms with E-state index in [1.807, 2.05) is 69.8 Å². The van der Waals surface area contributed by atoms with Crippen molar-refractivity contribution in [2.24, 2.45) is 14.1 Å². The molecule has 0 saturated heterocycles. The second kappa shape index (κ2) is 20.6. The molecule has 0 fully saturated rings. The molecule has 0 unspecified atom stereocenters. The number of hydrogen-bond acceptors (Lipinski definition) is 17. The molecule has 2 heterocycles. The van der Waals surface area contributed by atoms with E-state index in [4.69, 9.17) is 22.4 Å². The highest BCUT2D eigenvalue weighted by molar-refractivity contribution is 7.84. The molecule has 25 nitrogen and oxygen atoms in total. The number of hydrogen-bond donors (Lipinski definition) is 0. The van der Waals surface area contributed by atoms with Gasteiger partial charge in [0.05, 0.1) is 63.1 Å². The molecular formula is C26H32N8O17S2. The number of aromatic nitrogens is 4. The fraction of sp³-hybridized carbons (Fsp3) is 0.308. The van der Waals surface area contributed by atoms with Gasteiger partial charge in [-0.3, -0.25) is 44.6 Å². The SMILES string of the molecule is COS(=O)(=O)[O-].CS(=O)(=O)[O-].C[n+]1ccn(CCOc2ccc([N+](=O)[O-])cc2[N+](=O)[O-])c1.C[n+]1ccn(CCOc2ccc([N+](=O)[O-])cc2[N+](=O)[O-])c1. The minimum Gasteiger partial charge on any atom is -0.748 e. The molecule has 0 N–H and O–H groups in total. The van der Waals surface area contributed by atoms with Crippen LogP contribution in [0.3, 0.4) is 0 Å². The minimum atomic E-state index is -4.41.